The predicted octanol–water partition coefficient (Wildman–Crippen LogP) is 2.93. The highest BCUT2D eigenvalue weighted by atomic mass is 16.2. The molecule has 126 valence electrons. The lowest BCUT2D eigenvalue weighted by molar-refractivity contribution is 0.0791. The highest BCUT2D eigenvalue weighted by molar-refractivity contribution is 5.92. The van der Waals surface area contributed by atoms with E-state index in [2.05, 4.69) is 20.3 Å². The van der Waals surface area contributed by atoms with Crippen LogP contribution in [-0.2, 0) is 6.42 Å². The number of hydrogen-bond donors (Lipinski definition) is 1. The van der Waals surface area contributed by atoms with Gasteiger partial charge in [0.05, 0.1) is 0 Å². The quantitative estimate of drug-likeness (QED) is 0.751. The SMILES string of the molecule is CN(CCc1ccncc1)C(=O)c1ccnc(Nc2ccccc2)n1. The summed E-state index contributed by atoms with van der Waals surface area (Å²) in [5.41, 5.74) is 2.38. The third-order valence-electron chi connectivity index (χ3n) is 3.74. The van der Waals surface area contributed by atoms with Crippen LogP contribution < -0.4 is 5.32 Å². The van der Waals surface area contributed by atoms with Crippen molar-refractivity contribution in [3.8, 4) is 0 Å². The number of pyridine rings is 1. The molecule has 3 aromatic rings. The van der Waals surface area contributed by atoms with E-state index in [-0.39, 0.29) is 5.91 Å². The first-order valence-corrected chi connectivity index (χ1v) is 8.02. The van der Waals surface area contributed by atoms with Crippen LogP contribution in [0.4, 0.5) is 11.6 Å². The molecule has 0 atom stereocenters. The van der Waals surface area contributed by atoms with E-state index in [0.29, 0.717) is 18.2 Å². The van der Waals surface area contributed by atoms with E-state index in [0.717, 1.165) is 17.7 Å². The molecule has 0 radical (unpaired) electrons. The second-order valence-corrected chi connectivity index (χ2v) is 5.59. The number of rotatable bonds is 6. The van der Waals surface area contributed by atoms with Gasteiger partial charge in [-0.25, -0.2) is 9.97 Å². The standard InChI is InChI=1S/C19H19N5O/c1-24(14-10-15-7-11-20-12-8-15)18(25)17-9-13-21-19(23-17)22-16-5-3-2-4-6-16/h2-9,11-13H,10,14H2,1H3,(H,21,22,23). The zero-order valence-corrected chi connectivity index (χ0v) is 14.0. The van der Waals surface area contributed by atoms with Crippen molar-refractivity contribution in [2.45, 2.75) is 6.42 Å². The molecule has 0 bridgehead atoms. The molecule has 0 saturated heterocycles. The summed E-state index contributed by atoms with van der Waals surface area (Å²) in [6.45, 7) is 0.605. The van der Waals surface area contributed by atoms with Gasteiger partial charge in [-0.05, 0) is 42.3 Å². The average molecular weight is 333 g/mol. The fraction of sp³-hybridized carbons (Fsp3) is 0.158. The fourth-order valence-corrected chi connectivity index (χ4v) is 2.33. The van der Waals surface area contributed by atoms with Gasteiger partial charge >= 0.3 is 0 Å². The third-order valence-corrected chi connectivity index (χ3v) is 3.74. The fourth-order valence-electron chi connectivity index (χ4n) is 2.33. The van der Waals surface area contributed by atoms with Gasteiger partial charge in [0.1, 0.15) is 5.69 Å². The van der Waals surface area contributed by atoms with E-state index in [9.17, 15) is 4.79 Å². The number of carbonyl (C=O) groups is 1. The predicted molar refractivity (Wildman–Crippen MR) is 96.7 cm³/mol. The number of carbonyl (C=O) groups excluding carboxylic acids is 1. The lowest BCUT2D eigenvalue weighted by atomic mass is 10.2. The minimum atomic E-state index is -0.132. The molecule has 0 spiro atoms. The van der Waals surface area contributed by atoms with Crippen LogP contribution in [0.15, 0.2) is 67.1 Å². The molecule has 25 heavy (non-hydrogen) atoms. The zero-order valence-electron chi connectivity index (χ0n) is 14.0. The Balaban J connectivity index is 1.64. The van der Waals surface area contributed by atoms with Gasteiger partial charge in [-0.15, -0.1) is 0 Å². The Morgan fingerprint density at radius 1 is 1.04 bits per heavy atom. The van der Waals surface area contributed by atoms with E-state index < -0.39 is 0 Å². The molecule has 6 heteroatoms. The topological polar surface area (TPSA) is 71.0 Å². The summed E-state index contributed by atoms with van der Waals surface area (Å²) in [5.74, 6) is 0.271. The summed E-state index contributed by atoms with van der Waals surface area (Å²) in [7, 11) is 1.77. The third kappa shape index (κ3) is 4.60. The van der Waals surface area contributed by atoms with Gasteiger partial charge in [-0.1, -0.05) is 18.2 Å². The summed E-state index contributed by atoms with van der Waals surface area (Å²) < 4.78 is 0. The Morgan fingerprint density at radius 3 is 2.56 bits per heavy atom. The van der Waals surface area contributed by atoms with Gasteiger partial charge in [0, 0.05) is 37.9 Å². The highest BCUT2D eigenvalue weighted by Gasteiger charge is 2.14. The number of benzene rings is 1. The van der Waals surface area contributed by atoms with E-state index in [1.807, 2.05) is 42.5 Å². The molecule has 0 fully saturated rings. The number of amides is 1. The van der Waals surface area contributed by atoms with Crippen LogP contribution in [0.25, 0.3) is 0 Å². The minimum absolute atomic E-state index is 0.132. The maximum Gasteiger partial charge on any atom is 0.272 e. The number of nitrogens with zero attached hydrogens (tertiary/aromatic N) is 4. The molecule has 0 aliphatic rings. The van der Waals surface area contributed by atoms with Gasteiger partial charge in [-0.3, -0.25) is 9.78 Å². The Hall–Kier alpha value is -3.28. The molecule has 6 nitrogen and oxygen atoms in total. The Morgan fingerprint density at radius 2 is 1.80 bits per heavy atom. The van der Waals surface area contributed by atoms with E-state index >= 15 is 0 Å². The number of para-hydroxylation sites is 1. The Bertz CT molecular complexity index is 823. The van der Waals surface area contributed by atoms with Crippen LogP contribution in [0.2, 0.25) is 0 Å². The number of likely N-dealkylation sites (N-methyl/N-ethyl adjacent to an activating group) is 1. The van der Waals surface area contributed by atoms with Crippen molar-refractivity contribution in [3.63, 3.8) is 0 Å². The smallest absolute Gasteiger partial charge is 0.272 e. The largest absolute Gasteiger partial charge is 0.340 e. The first kappa shape index (κ1) is 16.6. The first-order chi connectivity index (χ1) is 12.2. The second kappa shape index (κ2) is 8.01. The number of hydrogen-bond acceptors (Lipinski definition) is 5. The number of aromatic nitrogens is 3. The Labute approximate surface area is 146 Å². The van der Waals surface area contributed by atoms with E-state index in [4.69, 9.17) is 0 Å². The van der Waals surface area contributed by atoms with Gasteiger partial charge in [0.25, 0.3) is 5.91 Å². The molecule has 0 aliphatic heterocycles. The lowest BCUT2D eigenvalue weighted by Crippen LogP contribution is -2.29. The van der Waals surface area contributed by atoms with Crippen LogP contribution in [0.3, 0.4) is 0 Å². The van der Waals surface area contributed by atoms with Crippen LogP contribution in [0, 0.1) is 0 Å². The summed E-state index contributed by atoms with van der Waals surface area (Å²) in [6, 6.07) is 15.1. The molecule has 1 N–H and O–H groups in total. The van der Waals surface area contributed by atoms with Crippen molar-refractivity contribution >= 4 is 17.5 Å². The molecule has 1 amide bonds. The van der Waals surface area contributed by atoms with Crippen LogP contribution in [0.5, 0.6) is 0 Å². The number of nitrogens with one attached hydrogen (secondary N) is 1. The molecule has 0 aliphatic carbocycles. The first-order valence-electron chi connectivity index (χ1n) is 8.02. The lowest BCUT2D eigenvalue weighted by Gasteiger charge is -2.17. The van der Waals surface area contributed by atoms with Crippen molar-refractivity contribution in [2.24, 2.45) is 0 Å². The summed E-state index contributed by atoms with van der Waals surface area (Å²) >= 11 is 0. The van der Waals surface area contributed by atoms with E-state index in [1.54, 1.807) is 36.6 Å². The van der Waals surface area contributed by atoms with Crippen molar-refractivity contribution in [1.82, 2.24) is 19.9 Å². The van der Waals surface area contributed by atoms with Crippen LogP contribution in [0.1, 0.15) is 16.1 Å². The molecule has 0 saturated carbocycles. The molecular weight excluding hydrogens is 314 g/mol. The minimum Gasteiger partial charge on any atom is -0.340 e. The molecule has 3 rings (SSSR count). The molecule has 2 heterocycles. The van der Waals surface area contributed by atoms with Gasteiger partial charge in [-0.2, -0.15) is 0 Å². The van der Waals surface area contributed by atoms with Crippen molar-refractivity contribution < 1.29 is 4.79 Å². The molecular formula is C19H19N5O. The zero-order chi connectivity index (χ0) is 17.5. The number of anilines is 2. The Kier molecular flexibility index (Phi) is 5.31. The maximum atomic E-state index is 12.6. The normalized spacial score (nSPS) is 10.3. The average Bonchev–Trinajstić information content (AvgIpc) is 2.67. The van der Waals surface area contributed by atoms with Gasteiger partial charge < -0.3 is 10.2 Å². The highest BCUT2D eigenvalue weighted by Crippen LogP contribution is 2.12. The monoisotopic (exact) mass is 333 g/mol. The molecule has 0 unspecified atom stereocenters. The van der Waals surface area contributed by atoms with Gasteiger partial charge in [0.15, 0.2) is 0 Å². The summed E-state index contributed by atoms with van der Waals surface area (Å²) in [4.78, 5) is 26.7. The van der Waals surface area contributed by atoms with E-state index in [1.165, 1.54) is 0 Å². The van der Waals surface area contributed by atoms with Gasteiger partial charge in [0.2, 0.25) is 5.95 Å². The van der Waals surface area contributed by atoms with Crippen LogP contribution in [-0.4, -0.2) is 39.4 Å². The van der Waals surface area contributed by atoms with Crippen LogP contribution >= 0.6 is 0 Å². The molecule has 1 aromatic carbocycles. The van der Waals surface area contributed by atoms with Crippen molar-refractivity contribution in [2.75, 3.05) is 18.9 Å². The summed E-state index contributed by atoms with van der Waals surface area (Å²) in [5, 5.41) is 3.10. The maximum absolute atomic E-state index is 12.6. The second-order valence-electron chi connectivity index (χ2n) is 5.59. The van der Waals surface area contributed by atoms with Crippen molar-refractivity contribution in [3.05, 3.63) is 78.4 Å². The van der Waals surface area contributed by atoms with Crippen molar-refractivity contribution in [1.29, 1.82) is 0 Å². The molecule has 2 aromatic heterocycles. The summed E-state index contributed by atoms with van der Waals surface area (Å²) in [6.07, 6.45) is 5.86.